The van der Waals surface area contributed by atoms with E-state index in [1.54, 1.807) is 0 Å². The van der Waals surface area contributed by atoms with Crippen LogP contribution >= 0.6 is 34.2 Å². The smallest absolute Gasteiger partial charge is 0.339 e. The Morgan fingerprint density at radius 2 is 1.85 bits per heavy atom. The molecule has 106 valence electrons. The average Bonchev–Trinajstić information content (AvgIpc) is 2.31. The summed E-state index contributed by atoms with van der Waals surface area (Å²) in [5.74, 6) is -0.571. The first kappa shape index (κ1) is 15.2. The molecule has 2 rings (SSSR count). The van der Waals surface area contributed by atoms with Gasteiger partial charge in [-0.2, -0.15) is 13.2 Å². The maximum Gasteiger partial charge on any atom is 0.433 e. The highest BCUT2D eigenvalue weighted by Crippen LogP contribution is 2.31. The standard InChI is InChI=1S/C11H5ClF4IN3/c12-10-19-8(11(14,15)16)4-9(20-10)18-7-2-1-5(13)3-6(7)17/h1-4H,(H,18,19,20). The van der Waals surface area contributed by atoms with Gasteiger partial charge in [-0.05, 0) is 52.4 Å². The van der Waals surface area contributed by atoms with Gasteiger partial charge in [-0.25, -0.2) is 14.4 Å². The molecule has 0 saturated carbocycles. The second-order valence-corrected chi connectivity index (χ2v) is 5.15. The summed E-state index contributed by atoms with van der Waals surface area (Å²) in [6.45, 7) is 0. The van der Waals surface area contributed by atoms with Crippen LogP contribution in [0.15, 0.2) is 24.3 Å². The Morgan fingerprint density at radius 3 is 2.45 bits per heavy atom. The van der Waals surface area contributed by atoms with Crippen molar-refractivity contribution in [2.45, 2.75) is 6.18 Å². The first-order chi connectivity index (χ1) is 9.25. The fourth-order valence-electron chi connectivity index (χ4n) is 1.36. The highest BCUT2D eigenvalue weighted by Gasteiger charge is 2.33. The van der Waals surface area contributed by atoms with Gasteiger partial charge in [-0.3, -0.25) is 0 Å². The van der Waals surface area contributed by atoms with Crippen LogP contribution in [0, 0.1) is 9.39 Å². The Hall–Kier alpha value is -1.16. The molecule has 1 N–H and O–H groups in total. The third-order valence-corrected chi connectivity index (χ3v) is 3.24. The van der Waals surface area contributed by atoms with Crippen LogP contribution in [0.2, 0.25) is 5.28 Å². The molecule has 0 radical (unpaired) electrons. The van der Waals surface area contributed by atoms with Crippen molar-refractivity contribution in [2.24, 2.45) is 0 Å². The summed E-state index contributed by atoms with van der Waals surface area (Å²) < 4.78 is 51.2. The van der Waals surface area contributed by atoms with Crippen molar-refractivity contribution in [1.82, 2.24) is 9.97 Å². The predicted molar refractivity (Wildman–Crippen MR) is 74.4 cm³/mol. The first-order valence-electron chi connectivity index (χ1n) is 5.09. The van der Waals surface area contributed by atoms with Crippen molar-refractivity contribution < 1.29 is 17.6 Å². The number of hydrogen-bond acceptors (Lipinski definition) is 3. The normalized spacial score (nSPS) is 11.5. The van der Waals surface area contributed by atoms with E-state index in [-0.39, 0.29) is 5.82 Å². The zero-order valence-electron chi connectivity index (χ0n) is 9.47. The van der Waals surface area contributed by atoms with E-state index in [1.807, 2.05) is 22.6 Å². The van der Waals surface area contributed by atoms with Crippen LogP contribution in [-0.2, 0) is 6.18 Å². The molecule has 1 heterocycles. The molecule has 0 bridgehead atoms. The molecule has 0 aliphatic carbocycles. The van der Waals surface area contributed by atoms with E-state index in [2.05, 4.69) is 15.3 Å². The Bertz CT molecular complexity index is 648. The largest absolute Gasteiger partial charge is 0.433 e. The number of alkyl halides is 3. The molecule has 9 heteroatoms. The van der Waals surface area contributed by atoms with E-state index >= 15 is 0 Å². The number of benzene rings is 1. The number of aromatic nitrogens is 2. The summed E-state index contributed by atoms with van der Waals surface area (Å²) in [4.78, 5) is 6.76. The SMILES string of the molecule is Fc1ccc(Nc2cc(C(F)(F)F)nc(Cl)n2)c(I)c1. The van der Waals surface area contributed by atoms with E-state index in [9.17, 15) is 17.6 Å². The van der Waals surface area contributed by atoms with Crippen LogP contribution in [0.25, 0.3) is 0 Å². The average molecular weight is 418 g/mol. The van der Waals surface area contributed by atoms with Gasteiger partial charge in [0.2, 0.25) is 5.28 Å². The van der Waals surface area contributed by atoms with Crippen molar-refractivity contribution in [3.63, 3.8) is 0 Å². The van der Waals surface area contributed by atoms with Gasteiger partial charge in [-0.1, -0.05) is 0 Å². The van der Waals surface area contributed by atoms with E-state index < -0.39 is 23.0 Å². The molecular formula is C11H5ClF4IN3. The lowest BCUT2D eigenvalue weighted by Gasteiger charge is -2.11. The maximum absolute atomic E-state index is 12.9. The molecule has 0 unspecified atom stereocenters. The molecule has 0 aliphatic rings. The second-order valence-electron chi connectivity index (χ2n) is 3.65. The third kappa shape index (κ3) is 3.69. The zero-order valence-corrected chi connectivity index (χ0v) is 12.4. The van der Waals surface area contributed by atoms with Gasteiger partial charge in [0, 0.05) is 9.64 Å². The molecule has 0 atom stereocenters. The molecule has 0 amide bonds. The van der Waals surface area contributed by atoms with Gasteiger partial charge in [-0.15, -0.1) is 0 Å². The van der Waals surface area contributed by atoms with Crippen LogP contribution in [-0.4, -0.2) is 9.97 Å². The number of anilines is 2. The fraction of sp³-hybridized carbons (Fsp3) is 0.0909. The number of hydrogen-bond donors (Lipinski definition) is 1. The minimum Gasteiger partial charge on any atom is -0.339 e. The zero-order chi connectivity index (χ0) is 14.9. The number of nitrogens with one attached hydrogen (secondary N) is 1. The molecule has 0 fully saturated rings. The van der Waals surface area contributed by atoms with E-state index in [1.165, 1.54) is 18.2 Å². The van der Waals surface area contributed by atoms with Crippen LogP contribution in [0.4, 0.5) is 29.1 Å². The van der Waals surface area contributed by atoms with Crippen molar-refractivity contribution in [3.8, 4) is 0 Å². The summed E-state index contributed by atoms with van der Waals surface area (Å²) in [6.07, 6.45) is -4.63. The lowest BCUT2D eigenvalue weighted by molar-refractivity contribution is -0.141. The Balaban J connectivity index is 2.36. The summed E-state index contributed by atoms with van der Waals surface area (Å²) >= 11 is 7.31. The summed E-state index contributed by atoms with van der Waals surface area (Å²) in [5, 5.41) is 2.11. The Morgan fingerprint density at radius 1 is 1.15 bits per heavy atom. The lowest BCUT2D eigenvalue weighted by Crippen LogP contribution is -2.10. The van der Waals surface area contributed by atoms with Gasteiger partial charge in [0.05, 0.1) is 5.69 Å². The maximum atomic E-state index is 12.9. The van der Waals surface area contributed by atoms with Crippen LogP contribution in [0.3, 0.4) is 0 Å². The molecule has 3 nitrogen and oxygen atoms in total. The molecule has 0 saturated heterocycles. The molecule has 1 aromatic carbocycles. The first-order valence-corrected chi connectivity index (χ1v) is 6.55. The monoisotopic (exact) mass is 417 g/mol. The van der Waals surface area contributed by atoms with Gasteiger partial charge in [0.15, 0.2) is 5.69 Å². The second kappa shape index (κ2) is 5.68. The quantitative estimate of drug-likeness (QED) is 0.440. The highest BCUT2D eigenvalue weighted by atomic mass is 127. The molecular weight excluding hydrogens is 412 g/mol. The van der Waals surface area contributed by atoms with E-state index in [4.69, 9.17) is 11.6 Å². The highest BCUT2D eigenvalue weighted by molar-refractivity contribution is 14.1. The van der Waals surface area contributed by atoms with Crippen molar-refractivity contribution in [1.29, 1.82) is 0 Å². The molecule has 0 spiro atoms. The lowest BCUT2D eigenvalue weighted by atomic mass is 10.3. The number of nitrogens with zero attached hydrogens (tertiary/aromatic N) is 2. The topological polar surface area (TPSA) is 37.8 Å². The van der Waals surface area contributed by atoms with Crippen LogP contribution < -0.4 is 5.32 Å². The third-order valence-electron chi connectivity index (χ3n) is 2.18. The van der Waals surface area contributed by atoms with Gasteiger partial charge in [0.25, 0.3) is 0 Å². The number of rotatable bonds is 2. The minimum atomic E-state index is -4.63. The summed E-state index contributed by atoms with van der Waals surface area (Å²) in [5.41, 5.74) is -0.744. The van der Waals surface area contributed by atoms with E-state index in [0.29, 0.717) is 9.26 Å². The van der Waals surface area contributed by atoms with Gasteiger partial charge < -0.3 is 5.32 Å². The molecule has 1 aromatic heterocycles. The summed E-state index contributed by atoms with van der Waals surface area (Å²) in [6, 6.07) is 4.53. The molecule has 0 aliphatic heterocycles. The van der Waals surface area contributed by atoms with Crippen molar-refractivity contribution >= 4 is 45.7 Å². The molecule has 20 heavy (non-hydrogen) atoms. The van der Waals surface area contributed by atoms with Gasteiger partial charge >= 0.3 is 6.18 Å². The van der Waals surface area contributed by atoms with Crippen molar-refractivity contribution in [3.05, 3.63) is 44.6 Å². The predicted octanol–water partition coefficient (Wildman–Crippen LogP) is 4.64. The van der Waals surface area contributed by atoms with Crippen LogP contribution in [0.5, 0.6) is 0 Å². The molecule has 2 aromatic rings. The van der Waals surface area contributed by atoms with Crippen LogP contribution in [0.1, 0.15) is 5.69 Å². The Kier molecular flexibility index (Phi) is 4.33. The minimum absolute atomic E-state index is 0.123. The van der Waals surface area contributed by atoms with Gasteiger partial charge in [0.1, 0.15) is 11.6 Å². The van der Waals surface area contributed by atoms with Crippen molar-refractivity contribution in [2.75, 3.05) is 5.32 Å². The summed E-state index contributed by atoms with van der Waals surface area (Å²) in [7, 11) is 0. The van der Waals surface area contributed by atoms with E-state index in [0.717, 1.165) is 6.07 Å². The Labute approximate surface area is 129 Å². The fourth-order valence-corrected chi connectivity index (χ4v) is 2.15. The number of halogens is 6.